The molecule has 0 aliphatic rings. The number of benzene rings is 1. The Labute approximate surface area is 113 Å². The maximum Gasteiger partial charge on any atom is 0.141 e. The van der Waals surface area contributed by atoms with Crippen molar-refractivity contribution in [2.75, 3.05) is 0 Å². The summed E-state index contributed by atoms with van der Waals surface area (Å²) in [7, 11) is 0. The van der Waals surface area contributed by atoms with Crippen LogP contribution in [0.1, 0.15) is 35.7 Å². The zero-order valence-corrected chi connectivity index (χ0v) is 11.6. The molecule has 3 heteroatoms. The van der Waals surface area contributed by atoms with E-state index in [2.05, 4.69) is 23.2 Å². The van der Waals surface area contributed by atoms with Crippen molar-refractivity contribution >= 4 is 0 Å². The van der Waals surface area contributed by atoms with Gasteiger partial charge in [-0.05, 0) is 38.0 Å². The smallest absolute Gasteiger partial charge is 0.141 e. The standard InChI is InChI=1S/C16H19FN2/c1-4-16(18,15-6-5-14(17)10-19-15)13-8-11(2)7-12(3)9-13/h5-10H,4,18H2,1-3H3. The highest BCUT2D eigenvalue weighted by atomic mass is 19.1. The second-order valence-corrected chi connectivity index (χ2v) is 5.06. The first-order valence-electron chi connectivity index (χ1n) is 6.45. The largest absolute Gasteiger partial charge is 0.316 e. The van der Waals surface area contributed by atoms with E-state index in [4.69, 9.17) is 5.73 Å². The highest BCUT2D eigenvalue weighted by Gasteiger charge is 2.29. The highest BCUT2D eigenvalue weighted by molar-refractivity contribution is 5.39. The van der Waals surface area contributed by atoms with Crippen LogP contribution in [0.4, 0.5) is 4.39 Å². The fourth-order valence-electron chi connectivity index (χ4n) is 2.41. The molecule has 0 amide bonds. The van der Waals surface area contributed by atoms with Gasteiger partial charge in [-0.15, -0.1) is 0 Å². The third-order valence-electron chi connectivity index (χ3n) is 3.48. The molecule has 0 bridgehead atoms. The van der Waals surface area contributed by atoms with Crippen LogP contribution in [0.25, 0.3) is 0 Å². The predicted molar refractivity (Wildman–Crippen MR) is 75.4 cm³/mol. The molecule has 100 valence electrons. The average Bonchev–Trinajstić information content (AvgIpc) is 2.37. The molecule has 0 saturated carbocycles. The normalized spacial score (nSPS) is 14.2. The zero-order chi connectivity index (χ0) is 14.0. The Balaban J connectivity index is 2.55. The second-order valence-electron chi connectivity index (χ2n) is 5.06. The monoisotopic (exact) mass is 258 g/mol. The third-order valence-corrected chi connectivity index (χ3v) is 3.48. The minimum absolute atomic E-state index is 0.345. The van der Waals surface area contributed by atoms with E-state index in [1.165, 1.54) is 23.4 Å². The molecule has 1 unspecified atom stereocenters. The summed E-state index contributed by atoms with van der Waals surface area (Å²) in [6.07, 6.45) is 1.92. The molecule has 19 heavy (non-hydrogen) atoms. The van der Waals surface area contributed by atoms with Crippen molar-refractivity contribution < 1.29 is 4.39 Å². The Hall–Kier alpha value is -1.74. The van der Waals surface area contributed by atoms with E-state index in [1.807, 2.05) is 20.8 Å². The van der Waals surface area contributed by atoms with Gasteiger partial charge in [-0.2, -0.15) is 0 Å². The summed E-state index contributed by atoms with van der Waals surface area (Å²) in [5.74, 6) is -0.345. The molecule has 0 aliphatic heterocycles. The molecule has 2 aromatic rings. The molecule has 1 heterocycles. The summed E-state index contributed by atoms with van der Waals surface area (Å²) < 4.78 is 13.0. The van der Waals surface area contributed by atoms with Crippen LogP contribution in [-0.4, -0.2) is 4.98 Å². The van der Waals surface area contributed by atoms with Crippen LogP contribution in [0.3, 0.4) is 0 Å². The van der Waals surface area contributed by atoms with E-state index in [0.717, 1.165) is 5.56 Å². The fourth-order valence-corrected chi connectivity index (χ4v) is 2.41. The van der Waals surface area contributed by atoms with Gasteiger partial charge in [0, 0.05) is 0 Å². The maximum absolute atomic E-state index is 13.0. The molecule has 1 aromatic carbocycles. The minimum atomic E-state index is -0.676. The molecular formula is C16H19FN2. The molecule has 0 fully saturated rings. The van der Waals surface area contributed by atoms with Gasteiger partial charge in [0.2, 0.25) is 0 Å². The molecule has 2 nitrogen and oxygen atoms in total. The van der Waals surface area contributed by atoms with Crippen molar-refractivity contribution in [3.63, 3.8) is 0 Å². The van der Waals surface area contributed by atoms with Crippen LogP contribution in [0, 0.1) is 19.7 Å². The van der Waals surface area contributed by atoms with Gasteiger partial charge in [-0.3, -0.25) is 4.98 Å². The van der Waals surface area contributed by atoms with E-state index >= 15 is 0 Å². The van der Waals surface area contributed by atoms with E-state index in [1.54, 1.807) is 6.07 Å². The zero-order valence-electron chi connectivity index (χ0n) is 11.6. The van der Waals surface area contributed by atoms with Crippen molar-refractivity contribution in [3.05, 3.63) is 64.7 Å². The van der Waals surface area contributed by atoms with Crippen molar-refractivity contribution in [3.8, 4) is 0 Å². The number of nitrogens with two attached hydrogens (primary N) is 1. The number of halogens is 1. The third kappa shape index (κ3) is 2.66. The summed E-state index contributed by atoms with van der Waals surface area (Å²) >= 11 is 0. The second kappa shape index (κ2) is 5.10. The van der Waals surface area contributed by atoms with Crippen LogP contribution >= 0.6 is 0 Å². The van der Waals surface area contributed by atoms with Crippen LogP contribution in [0.2, 0.25) is 0 Å². The number of pyridine rings is 1. The maximum atomic E-state index is 13.0. The predicted octanol–water partition coefficient (Wildman–Crippen LogP) is 3.45. The number of hydrogen-bond donors (Lipinski definition) is 1. The summed E-state index contributed by atoms with van der Waals surface area (Å²) in [6, 6.07) is 9.32. The number of aryl methyl sites for hydroxylation is 2. The first-order chi connectivity index (χ1) is 8.95. The van der Waals surface area contributed by atoms with Gasteiger partial charge in [-0.1, -0.05) is 36.2 Å². The van der Waals surface area contributed by atoms with Gasteiger partial charge in [-0.25, -0.2) is 4.39 Å². The summed E-state index contributed by atoms with van der Waals surface area (Å²) in [6.45, 7) is 6.11. The van der Waals surface area contributed by atoms with Crippen molar-refractivity contribution in [1.82, 2.24) is 4.98 Å². The highest BCUT2D eigenvalue weighted by Crippen LogP contribution is 2.30. The van der Waals surface area contributed by atoms with Gasteiger partial charge < -0.3 is 5.73 Å². The lowest BCUT2D eigenvalue weighted by molar-refractivity contribution is 0.498. The molecule has 0 saturated heterocycles. The average molecular weight is 258 g/mol. The molecule has 0 radical (unpaired) electrons. The van der Waals surface area contributed by atoms with Gasteiger partial charge in [0.05, 0.1) is 17.4 Å². The number of rotatable bonds is 3. The Morgan fingerprint density at radius 2 is 1.79 bits per heavy atom. The molecule has 2 N–H and O–H groups in total. The lowest BCUT2D eigenvalue weighted by Gasteiger charge is -2.29. The summed E-state index contributed by atoms with van der Waals surface area (Å²) in [5, 5.41) is 0. The first kappa shape index (κ1) is 13.7. The van der Waals surface area contributed by atoms with Crippen molar-refractivity contribution in [1.29, 1.82) is 0 Å². The molecule has 0 spiro atoms. The number of aromatic nitrogens is 1. The first-order valence-corrected chi connectivity index (χ1v) is 6.45. The molecule has 0 aliphatic carbocycles. The minimum Gasteiger partial charge on any atom is -0.316 e. The number of nitrogens with zero attached hydrogens (tertiary/aromatic N) is 1. The molecular weight excluding hydrogens is 239 g/mol. The van der Waals surface area contributed by atoms with E-state index in [9.17, 15) is 4.39 Å². The summed E-state index contributed by atoms with van der Waals surface area (Å²) in [5.41, 5.74) is 9.92. The van der Waals surface area contributed by atoms with Gasteiger partial charge in [0.25, 0.3) is 0 Å². The van der Waals surface area contributed by atoms with E-state index in [-0.39, 0.29) is 5.82 Å². The van der Waals surface area contributed by atoms with Crippen molar-refractivity contribution in [2.45, 2.75) is 32.7 Å². The molecule has 1 aromatic heterocycles. The Kier molecular flexibility index (Phi) is 3.67. The van der Waals surface area contributed by atoms with Gasteiger partial charge in [0.15, 0.2) is 0 Å². The van der Waals surface area contributed by atoms with Crippen LogP contribution in [0.15, 0.2) is 36.5 Å². The molecule has 2 rings (SSSR count). The lowest BCUT2D eigenvalue weighted by Crippen LogP contribution is -2.38. The topological polar surface area (TPSA) is 38.9 Å². The van der Waals surface area contributed by atoms with E-state index < -0.39 is 5.54 Å². The van der Waals surface area contributed by atoms with Crippen LogP contribution in [0.5, 0.6) is 0 Å². The quantitative estimate of drug-likeness (QED) is 0.915. The Morgan fingerprint density at radius 1 is 1.16 bits per heavy atom. The van der Waals surface area contributed by atoms with Crippen molar-refractivity contribution in [2.24, 2.45) is 5.73 Å². The van der Waals surface area contributed by atoms with Crippen LogP contribution < -0.4 is 5.73 Å². The lowest BCUT2D eigenvalue weighted by atomic mass is 9.83. The SMILES string of the molecule is CCC(N)(c1cc(C)cc(C)c1)c1ccc(F)cn1. The Morgan fingerprint density at radius 3 is 2.26 bits per heavy atom. The summed E-state index contributed by atoms with van der Waals surface area (Å²) in [4.78, 5) is 4.16. The van der Waals surface area contributed by atoms with Crippen LogP contribution in [-0.2, 0) is 5.54 Å². The number of hydrogen-bond acceptors (Lipinski definition) is 2. The van der Waals surface area contributed by atoms with Gasteiger partial charge >= 0.3 is 0 Å². The Bertz CT molecular complexity index is 558. The van der Waals surface area contributed by atoms with E-state index in [0.29, 0.717) is 12.1 Å². The van der Waals surface area contributed by atoms with Gasteiger partial charge in [0.1, 0.15) is 5.82 Å². The fraction of sp³-hybridized carbons (Fsp3) is 0.312. The molecule has 1 atom stereocenters.